The van der Waals surface area contributed by atoms with Crippen molar-refractivity contribution in [2.24, 2.45) is 0 Å². The van der Waals surface area contributed by atoms with Gasteiger partial charge in [0, 0.05) is 24.0 Å². The molecule has 0 saturated carbocycles. The van der Waals surface area contributed by atoms with Crippen molar-refractivity contribution in [3.8, 4) is 11.5 Å². The van der Waals surface area contributed by atoms with Crippen LogP contribution in [-0.4, -0.2) is 41.9 Å². The van der Waals surface area contributed by atoms with Gasteiger partial charge in [0.1, 0.15) is 12.3 Å². The summed E-state index contributed by atoms with van der Waals surface area (Å²) in [7, 11) is 1.38. The molecular weight excluding hydrogens is 415 g/mol. The Kier molecular flexibility index (Phi) is 7.21. The molecule has 1 aliphatic rings. The van der Waals surface area contributed by atoms with Crippen molar-refractivity contribution in [3.05, 3.63) is 52.4 Å². The second-order valence-electron chi connectivity index (χ2n) is 7.28. The van der Waals surface area contributed by atoms with E-state index in [0.29, 0.717) is 17.9 Å². The van der Waals surface area contributed by atoms with Crippen LogP contribution in [0.5, 0.6) is 11.5 Å². The van der Waals surface area contributed by atoms with E-state index < -0.39 is 12.3 Å². The Labute approximate surface area is 177 Å². The minimum Gasteiger partial charge on any atom is -0.491 e. The molecule has 1 aliphatic heterocycles. The smallest absolute Gasteiger partial charge is 0.491 e. The van der Waals surface area contributed by atoms with E-state index in [1.54, 1.807) is 4.57 Å². The Balaban J connectivity index is 1.71. The van der Waals surface area contributed by atoms with E-state index in [-0.39, 0.29) is 23.5 Å². The predicted molar refractivity (Wildman–Crippen MR) is 108 cm³/mol. The molecule has 1 fully saturated rings. The molecule has 0 radical (unpaired) electrons. The van der Waals surface area contributed by atoms with E-state index in [4.69, 9.17) is 4.74 Å². The second kappa shape index (κ2) is 9.86. The number of methoxy groups -OCH3 is 1. The number of carbonyl (C=O) groups is 1. The monoisotopic (exact) mass is 439 g/mol. The topological polar surface area (TPSA) is 72.8 Å². The van der Waals surface area contributed by atoms with Crippen molar-refractivity contribution in [1.29, 1.82) is 0 Å². The lowest BCUT2D eigenvalue weighted by Gasteiger charge is -2.27. The zero-order valence-electron chi connectivity index (χ0n) is 17.1. The van der Waals surface area contributed by atoms with Gasteiger partial charge in [-0.25, -0.2) is 0 Å². The number of likely N-dealkylation sites (tertiary alicyclic amines) is 1. The van der Waals surface area contributed by atoms with Crippen LogP contribution in [0.1, 0.15) is 25.0 Å². The minimum atomic E-state index is -4.78. The summed E-state index contributed by atoms with van der Waals surface area (Å²) in [5.41, 5.74) is 0.758. The van der Waals surface area contributed by atoms with Gasteiger partial charge in [-0.15, -0.1) is 13.2 Å². The maximum absolute atomic E-state index is 12.5. The van der Waals surface area contributed by atoms with Gasteiger partial charge in [0.25, 0.3) is 0 Å². The van der Waals surface area contributed by atoms with Crippen molar-refractivity contribution >= 4 is 11.6 Å². The molecule has 168 valence electrons. The molecule has 3 rings (SSSR count). The lowest BCUT2D eigenvalue weighted by molar-refractivity contribution is -0.274. The summed E-state index contributed by atoms with van der Waals surface area (Å²) in [5.74, 6) is -0.640. The number of hydrogen-bond acceptors (Lipinski definition) is 5. The number of aromatic nitrogens is 1. The summed E-state index contributed by atoms with van der Waals surface area (Å²) in [6.45, 7) is 2.31. The molecule has 0 aliphatic carbocycles. The Morgan fingerprint density at radius 2 is 1.81 bits per heavy atom. The van der Waals surface area contributed by atoms with E-state index in [0.717, 1.165) is 38.1 Å². The van der Waals surface area contributed by atoms with Crippen molar-refractivity contribution in [3.63, 3.8) is 0 Å². The van der Waals surface area contributed by atoms with Crippen LogP contribution in [-0.2, 0) is 17.9 Å². The fourth-order valence-electron chi connectivity index (χ4n) is 3.47. The molecule has 0 atom stereocenters. The zero-order valence-corrected chi connectivity index (χ0v) is 17.1. The number of pyridine rings is 1. The Morgan fingerprint density at radius 1 is 1.13 bits per heavy atom. The molecule has 0 unspecified atom stereocenters. The lowest BCUT2D eigenvalue weighted by atomic mass is 10.1. The summed E-state index contributed by atoms with van der Waals surface area (Å²) in [5, 5.41) is 2.63. The van der Waals surface area contributed by atoms with Crippen LogP contribution in [0.3, 0.4) is 0 Å². The van der Waals surface area contributed by atoms with E-state index in [2.05, 4.69) is 15.0 Å². The largest absolute Gasteiger partial charge is 0.573 e. The average molecular weight is 439 g/mol. The van der Waals surface area contributed by atoms with Crippen molar-refractivity contribution in [2.75, 3.05) is 25.5 Å². The van der Waals surface area contributed by atoms with Crippen LogP contribution in [0.25, 0.3) is 0 Å². The molecular formula is C21H24F3N3O4. The molecule has 2 heterocycles. The van der Waals surface area contributed by atoms with Gasteiger partial charge >= 0.3 is 6.36 Å². The van der Waals surface area contributed by atoms with E-state index in [1.165, 1.54) is 37.9 Å². The maximum Gasteiger partial charge on any atom is 0.573 e. The SMILES string of the molecule is COc1cn(CC(=O)Nc2ccc(OC(F)(F)F)cc2)c(CN2CCCCC2)cc1=O. The number of alkyl halides is 3. The number of rotatable bonds is 7. The Hall–Kier alpha value is -3.01. The number of halogens is 3. The van der Waals surface area contributed by atoms with Crippen LogP contribution in [0.2, 0.25) is 0 Å². The number of anilines is 1. The van der Waals surface area contributed by atoms with Crippen LogP contribution in [0.4, 0.5) is 18.9 Å². The molecule has 0 bridgehead atoms. The van der Waals surface area contributed by atoms with Gasteiger partial charge in [0.05, 0.1) is 13.3 Å². The van der Waals surface area contributed by atoms with Gasteiger partial charge in [-0.3, -0.25) is 14.5 Å². The van der Waals surface area contributed by atoms with Crippen LogP contribution >= 0.6 is 0 Å². The molecule has 10 heteroatoms. The highest BCUT2D eigenvalue weighted by Crippen LogP contribution is 2.24. The number of piperidine rings is 1. The molecule has 2 aromatic rings. The summed E-state index contributed by atoms with van der Waals surface area (Å²) >= 11 is 0. The predicted octanol–water partition coefficient (Wildman–Crippen LogP) is 3.38. The minimum absolute atomic E-state index is 0.0827. The lowest BCUT2D eigenvalue weighted by Crippen LogP contribution is -2.32. The number of nitrogens with zero attached hydrogens (tertiary/aromatic N) is 2. The first-order valence-corrected chi connectivity index (χ1v) is 9.89. The van der Waals surface area contributed by atoms with Crippen LogP contribution in [0, 0.1) is 0 Å². The third-order valence-electron chi connectivity index (χ3n) is 4.92. The first-order chi connectivity index (χ1) is 14.7. The third-order valence-corrected chi connectivity index (χ3v) is 4.92. The number of benzene rings is 1. The molecule has 1 N–H and O–H groups in total. The number of ether oxygens (including phenoxy) is 2. The fourth-order valence-corrected chi connectivity index (χ4v) is 3.47. The number of amides is 1. The van der Waals surface area contributed by atoms with E-state index in [9.17, 15) is 22.8 Å². The summed E-state index contributed by atoms with van der Waals surface area (Å²) in [4.78, 5) is 27.0. The molecule has 1 amide bonds. The number of carbonyl (C=O) groups excluding carboxylic acids is 1. The van der Waals surface area contributed by atoms with Crippen molar-refractivity contribution in [2.45, 2.75) is 38.7 Å². The highest BCUT2D eigenvalue weighted by Gasteiger charge is 2.31. The molecule has 1 saturated heterocycles. The summed E-state index contributed by atoms with van der Waals surface area (Å²) < 4.78 is 47.4. The third kappa shape index (κ3) is 6.74. The Morgan fingerprint density at radius 3 is 2.42 bits per heavy atom. The molecule has 1 aromatic carbocycles. The molecule has 31 heavy (non-hydrogen) atoms. The van der Waals surface area contributed by atoms with Crippen LogP contribution in [0.15, 0.2) is 41.3 Å². The quantitative estimate of drug-likeness (QED) is 0.716. The van der Waals surface area contributed by atoms with Crippen LogP contribution < -0.4 is 20.2 Å². The molecule has 0 spiro atoms. The normalized spacial score (nSPS) is 14.8. The average Bonchev–Trinajstić information content (AvgIpc) is 2.71. The first-order valence-electron chi connectivity index (χ1n) is 9.89. The van der Waals surface area contributed by atoms with Gasteiger partial charge in [-0.05, 0) is 50.2 Å². The fraction of sp³-hybridized carbons (Fsp3) is 0.429. The maximum atomic E-state index is 12.5. The summed E-state index contributed by atoms with van der Waals surface area (Å²) in [6.07, 6.45) is 0.0887. The van der Waals surface area contributed by atoms with Gasteiger partial charge in [0.2, 0.25) is 11.3 Å². The van der Waals surface area contributed by atoms with E-state index >= 15 is 0 Å². The van der Waals surface area contributed by atoms with Gasteiger partial charge in [-0.1, -0.05) is 6.42 Å². The van der Waals surface area contributed by atoms with E-state index in [1.807, 2.05) is 0 Å². The van der Waals surface area contributed by atoms with Gasteiger partial charge < -0.3 is 19.4 Å². The highest BCUT2D eigenvalue weighted by atomic mass is 19.4. The molecule has 7 nitrogen and oxygen atoms in total. The summed E-state index contributed by atoms with van der Waals surface area (Å²) in [6, 6.07) is 6.35. The van der Waals surface area contributed by atoms with Crippen molar-refractivity contribution < 1.29 is 27.4 Å². The molecule has 1 aromatic heterocycles. The van der Waals surface area contributed by atoms with Gasteiger partial charge in [0.15, 0.2) is 5.75 Å². The van der Waals surface area contributed by atoms with Gasteiger partial charge in [-0.2, -0.15) is 0 Å². The first kappa shape index (κ1) is 22.7. The highest BCUT2D eigenvalue weighted by molar-refractivity contribution is 5.90. The standard InChI is InChI=1S/C21H24F3N3O4/c1-30-19-13-27(16(11-18(19)28)12-26-9-3-2-4-10-26)14-20(29)25-15-5-7-17(8-6-15)31-21(22,23)24/h5-8,11,13H,2-4,9-10,12,14H2,1H3,(H,25,29). The zero-order chi connectivity index (χ0) is 22.4. The Bertz CT molecular complexity index is 952. The number of nitrogens with one attached hydrogen (secondary N) is 1. The van der Waals surface area contributed by atoms with Crippen molar-refractivity contribution in [1.82, 2.24) is 9.47 Å². The second-order valence-corrected chi connectivity index (χ2v) is 7.28. The number of hydrogen-bond donors (Lipinski definition) is 1.